The minimum Gasteiger partial charge on any atom is -0.480 e. The normalized spacial score (nSPS) is 11.4. The van der Waals surface area contributed by atoms with Gasteiger partial charge in [0, 0.05) is 16.5 Å². The number of rotatable bonds is 5. The van der Waals surface area contributed by atoms with Gasteiger partial charge in [-0.05, 0) is 17.7 Å². The van der Waals surface area contributed by atoms with Gasteiger partial charge in [0.15, 0.2) is 0 Å². The Balaban J connectivity index is 2.75. The lowest BCUT2D eigenvalue weighted by Crippen LogP contribution is -2.41. The van der Waals surface area contributed by atoms with Crippen molar-refractivity contribution in [1.82, 2.24) is 5.32 Å². The van der Waals surface area contributed by atoms with Crippen LogP contribution in [-0.4, -0.2) is 23.0 Å². The van der Waals surface area contributed by atoms with Crippen LogP contribution in [0.15, 0.2) is 18.2 Å². The second kappa shape index (κ2) is 7.03. The van der Waals surface area contributed by atoms with E-state index in [1.54, 1.807) is 18.2 Å². The van der Waals surface area contributed by atoms with Gasteiger partial charge in [0.25, 0.3) is 0 Å². The number of hydrogen-bond acceptors (Lipinski definition) is 2. The van der Waals surface area contributed by atoms with Crippen LogP contribution in [-0.2, 0) is 16.0 Å². The summed E-state index contributed by atoms with van der Waals surface area (Å²) in [6.45, 7) is 0. The molecule has 0 spiro atoms. The molecule has 1 rings (SSSR count). The molecule has 0 aromatic heterocycles. The molecule has 2 N–H and O–H groups in total. The zero-order valence-corrected chi connectivity index (χ0v) is 11.3. The quantitative estimate of drug-likeness (QED) is 0.819. The number of carboxylic acid groups (broad SMARTS) is 1. The molecular formula is C13H11Cl2NO3. The van der Waals surface area contributed by atoms with E-state index in [-0.39, 0.29) is 12.8 Å². The Bertz CT molecular complexity index is 517. The Morgan fingerprint density at radius 3 is 2.42 bits per heavy atom. The Morgan fingerprint density at radius 2 is 1.95 bits per heavy atom. The van der Waals surface area contributed by atoms with Gasteiger partial charge < -0.3 is 10.4 Å². The number of halogens is 2. The molecule has 0 fully saturated rings. The third-order valence-corrected chi connectivity index (χ3v) is 3.06. The first kappa shape index (κ1) is 15.4. The maximum absolute atomic E-state index is 11.7. The monoisotopic (exact) mass is 299 g/mol. The highest BCUT2D eigenvalue weighted by atomic mass is 35.5. The van der Waals surface area contributed by atoms with Gasteiger partial charge >= 0.3 is 5.97 Å². The molecule has 0 aliphatic carbocycles. The second-order valence-corrected chi connectivity index (χ2v) is 4.56. The summed E-state index contributed by atoms with van der Waals surface area (Å²) >= 11 is 11.8. The second-order valence-electron chi connectivity index (χ2n) is 3.74. The van der Waals surface area contributed by atoms with E-state index in [0.29, 0.717) is 15.6 Å². The summed E-state index contributed by atoms with van der Waals surface area (Å²) in [7, 11) is 0. The molecule has 1 aromatic rings. The predicted octanol–water partition coefficient (Wildman–Crippen LogP) is 2.13. The molecule has 1 amide bonds. The average molecular weight is 300 g/mol. The minimum atomic E-state index is -1.18. The summed E-state index contributed by atoms with van der Waals surface area (Å²) in [5, 5.41) is 11.9. The summed E-state index contributed by atoms with van der Waals surface area (Å²) in [5.41, 5.74) is 0.452. The zero-order chi connectivity index (χ0) is 14.4. The average Bonchev–Trinajstić information content (AvgIpc) is 2.33. The third kappa shape index (κ3) is 4.47. The third-order valence-electron chi connectivity index (χ3n) is 2.35. The topological polar surface area (TPSA) is 66.4 Å². The Hall–Kier alpha value is -1.70. The first-order chi connectivity index (χ1) is 8.95. The fourth-order valence-corrected chi connectivity index (χ4v) is 1.96. The van der Waals surface area contributed by atoms with Gasteiger partial charge in [-0.1, -0.05) is 29.3 Å². The summed E-state index contributed by atoms with van der Waals surface area (Å²) in [6, 6.07) is 3.75. The highest BCUT2D eigenvalue weighted by Gasteiger charge is 2.20. The molecule has 100 valence electrons. The lowest BCUT2D eigenvalue weighted by Gasteiger charge is -2.12. The minimum absolute atomic E-state index is 0.0860. The number of carbonyl (C=O) groups is 2. The van der Waals surface area contributed by atoms with Gasteiger partial charge in [-0.3, -0.25) is 4.79 Å². The summed E-state index contributed by atoms with van der Waals surface area (Å²) in [4.78, 5) is 22.6. The molecule has 19 heavy (non-hydrogen) atoms. The molecule has 0 aliphatic rings. The molecule has 4 nitrogen and oxygen atoms in total. The molecule has 0 aliphatic heterocycles. The highest BCUT2D eigenvalue weighted by molar-refractivity contribution is 6.36. The van der Waals surface area contributed by atoms with Crippen molar-refractivity contribution in [3.63, 3.8) is 0 Å². The van der Waals surface area contributed by atoms with Crippen LogP contribution in [0.25, 0.3) is 0 Å². The highest BCUT2D eigenvalue weighted by Crippen LogP contribution is 2.24. The van der Waals surface area contributed by atoms with E-state index in [9.17, 15) is 9.59 Å². The number of nitrogens with one attached hydrogen (secondary N) is 1. The van der Waals surface area contributed by atoms with Crippen LogP contribution in [0.3, 0.4) is 0 Å². The molecule has 0 saturated heterocycles. The van der Waals surface area contributed by atoms with Crippen molar-refractivity contribution in [2.24, 2.45) is 0 Å². The summed E-state index contributed by atoms with van der Waals surface area (Å²) in [6.07, 6.45) is 4.85. The van der Waals surface area contributed by atoms with Crippen LogP contribution in [0.1, 0.15) is 12.0 Å². The largest absolute Gasteiger partial charge is 0.480 e. The molecule has 0 bridgehead atoms. The van der Waals surface area contributed by atoms with Crippen molar-refractivity contribution >= 4 is 35.1 Å². The summed E-state index contributed by atoms with van der Waals surface area (Å²) in [5.74, 6) is 0.508. The number of carboxylic acids is 1. The molecule has 0 heterocycles. The van der Waals surface area contributed by atoms with Crippen LogP contribution in [0, 0.1) is 12.3 Å². The van der Waals surface area contributed by atoms with Crippen molar-refractivity contribution in [2.75, 3.05) is 0 Å². The van der Waals surface area contributed by atoms with E-state index in [0.717, 1.165) is 0 Å². The fraction of sp³-hybridized carbons (Fsp3) is 0.231. The van der Waals surface area contributed by atoms with Gasteiger partial charge in [0.05, 0.1) is 6.42 Å². The number of amides is 1. The maximum Gasteiger partial charge on any atom is 0.327 e. The molecule has 0 saturated carbocycles. The van der Waals surface area contributed by atoms with E-state index in [1.807, 2.05) is 0 Å². The van der Waals surface area contributed by atoms with E-state index in [2.05, 4.69) is 11.2 Å². The van der Waals surface area contributed by atoms with Crippen LogP contribution >= 0.6 is 23.2 Å². The van der Waals surface area contributed by atoms with Crippen LogP contribution in [0.5, 0.6) is 0 Å². The first-order valence-corrected chi connectivity index (χ1v) is 6.09. The molecular weight excluding hydrogens is 289 g/mol. The van der Waals surface area contributed by atoms with Crippen LogP contribution in [0.2, 0.25) is 10.0 Å². The smallest absolute Gasteiger partial charge is 0.327 e. The molecule has 0 radical (unpaired) electrons. The number of benzene rings is 1. The molecule has 1 atom stereocenters. The van der Waals surface area contributed by atoms with E-state index < -0.39 is 17.9 Å². The Labute approximate surface area is 120 Å². The van der Waals surface area contributed by atoms with Gasteiger partial charge in [0.1, 0.15) is 6.04 Å². The van der Waals surface area contributed by atoms with Crippen molar-refractivity contribution in [3.8, 4) is 12.3 Å². The zero-order valence-electron chi connectivity index (χ0n) is 9.82. The van der Waals surface area contributed by atoms with Crippen molar-refractivity contribution in [3.05, 3.63) is 33.8 Å². The fourth-order valence-electron chi connectivity index (χ4n) is 1.43. The van der Waals surface area contributed by atoms with Gasteiger partial charge in [-0.15, -0.1) is 12.3 Å². The van der Waals surface area contributed by atoms with Gasteiger partial charge in [-0.2, -0.15) is 0 Å². The number of aliphatic carboxylic acids is 1. The Morgan fingerprint density at radius 1 is 1.37 bits per heavy atom. The maximum atomic E-state index is 11.7. The van der Waals surface area contributed by atoms with E-state index >= 15 is 0 Å². The van der Waals surface area contributed by atoms with Crippen molar-refractivity contribution < 1.29 is 14.7 Å². The van der Waals surface area contributed by atoms with Crippen LogP contribution in [0.4, 0.5) is 0 Å². The lowest BCUT2D eigenvalue weighted by atomic mass is 10.1. The van der Waals surface area contributed by atoms with Crippen molar-refractivity contribution in [2.45, 2.75) is 18.9 Å². The molecule has 1 aromatic carbocycles. The first-order valence-electron chi connectivity index (χ1n) is 5.34. The number of carbonyl (C=O) groups excluding carboxylic acids is 1. The van der Waals surface area contributed by atoms with E-state index in [1.165, 1.54) is 0 Å². The summed E-state index contributed by atoms with van der Waals surface area (Å²) < 4.78 is 0. The predicted molar refractivity (Wildman–Crippen MR) is 73.2 cm³/mol. The molecule has 1 unspecified atom stereocenters. The van der Waals surface area contributed by atoms with E-state index in [4.69, 9.17) is 34.7 Å². The number of terminal acetylenes is 1. The van der Waals surface area contributed by atoms with Gasteiger partial charge in [0.2, 0.25) is 5.91 Å². The lowest BCUT2D eigenvalue weighted by molar-refractivity contribution is -0.141. The van der Waals surface area contributed by atoms with Crippen LogP contribution < -0.4 is 5.32 Å². The Kier molecular flexibility index (Phi) is 5.68. The SMILES string of the molecule is C#CCC(NC(=O)Cc1c(Cl)cccc1Cl)C(=O)O. The molecule has 6 heteroatoms. The van der Waals surface area contributed by atoms with Gasteiger partial charge in [-0.25, -0.2) is 4.79 Å². The standard InChI is InChI=1S/C13H11Cl2NO3/c1-2-4-11(13(18)19)16-12(17)7-8-9(14)5-3-6-10(8)15/h1,3,5-6,11H,4,7H2,(H,16,17)(H,18,19). The van der Waals surface area contributed by atoms with Crippen molar-refractivity contribution in [1.29, 1.82) is 0 Å². The number of hydrogen-bond donors (Lipinski definition) is 2.